The van der Waals surface area contributed by atoms with Crippen molar-refractivity contribution >= 4 is 63.8 Å². The van der Waals surface area contributed by atoms with Crippen molar-refractivity contribution in [3.63, 3.8) is 0 Å². The second-order valence-corrected chi connectivity index (χ2v) is 15.9. The second kappa shape index (κ2) is 11.0. The molecule has 0 nitrogen and oxygen atoms in total. The van der Waals surface area contributed by atoms with Crippen LogP contribution in [0, 0.1) is 0 Å². The standard InChI is InChI=1S/C51H34S/c1-51(2)44-26-23-31-12-3-4-15-36(31)50(44)42-25-22-33(30-45(42)51)32-13-11-14-34(28-32)48-38-17-5-7-19-40(38)49(41-20-8-6-18-39(41)48)35-24-27-47-43(29-35)37-16-9-10-21-46(37)52-47/h3-30H,1-2H3. The first-order chi connectivity index (χ1) is 25.5. The maximum absolute atomic E-state index is 2.45. The summed E-state index contributed by atoms with van der Waals surface area (Å²) in [7, 11) is 0. The van der Waals surface area contributed by atoms with Crippen molar-refractivity contribution in [2.75, 3.05) is 0 Å². The van der Waals surface area contributed by atoms with Gasteiger partial charge in [0.15, 0.2) is 0 Å². The van der Waals surface area contributed by atoms with E-state index >= 15 is 0 Å². The summed E-state index contributed by atoms with van der Waals surface area (Å²) in [4.78, 5) is 0. The van der Waals surface area contributed by atoms with Gasteiger partial charge in [-0.05, 0) is 118 Å². The Kier molecular flexibility index (Phi) is 6.27. The van der Waals surface area contributed by atoms with Gasteiger partial charge in [0.25, 0.3) is 0 Å². The van der Waals surface area contributed by atoms with Crippen LogP contribution in [0.1, 0.15) is 25.0 Å². The Morgan fingerprint density at radius 1 is 0.346 bits per heavy atom. The smallest absolute Gasteiger partial charge is 0.0355 e. The molecule has 0 amide bonds. The summed E-state index contributed by atoms with van der Waals surface area (Å²) < 4.78 is 2.67. The number of hydrogen-bond donors (Lipinski definition) is 0. The molecular formula is C51H34S. The van der Waals surface area contributed by atoms with Crippen LogP contribution in [0.3, 0.4) is 0 Å². The van der Waals surface area contributed by atoms with Gasteiger partial charge < -0.3 is 0 Å². The molecule has 0 atom stereocenters. The van der Waals surface area contributed by atoms with E-state index in [-0.39, 0.29) is 5.41 Å². The maximum Gasteiger partial charge on any atom is 0.0355 e. The van der Waals surface area contributed by atoms with Gasteiger partial charge in [-0.2, -0.15) is 0 Å². The molecule has 0 saturated heterocycles. The van der Waals surface area contributed by atoms with Gasteiger partial charge in [-0.25, -0.2) is 0 Å². The molecule has 1 heterocycles. The van der Waals surface area contributed by atoms with Crippen LogP contribution in [-0.4, -0.2) is 0 Å². The molecule has 1 aliphatic carbocycles. The van der Waals surface area contributed by atoms with E-state index in [1.54, 1.807) is 0 Å². The summed E-state index contributed by atoms with van der Waals surface area (Å²) >= 11 is 1.88. The van der Waals surface area contributed by atoms with E-state index < -0.39 is 0 Å². The Morgan fingerprint density at radius 2 is 0.904 bits per heavy atom. The van der Waals surface area contributed by atoms with Gasteiger partial charge in [-0.1, -0.05) is 153 Å². The molecule has 9 aromatic carbocycles. The third-order valence-corrected chi connectivity index (χ3v) is 12.8. The van der Waals surface area contributed by atoms with Crippen LogP contribution >= 0.6 is 11.3 Å². The third-order valence-electron chi connectivity index (χ3n) is 11.6. The number of rotatable bonds is 3. The highest BCUT2D eigenvalue weighted by Crippen LogP contribution is 2.52. The lowest BCUT2D eigenvalue weighted by atomic mass is 9.81. The zero-order valence-corrected chi connectivity index (χ0v) is 29.9. The molecule has 1 aromatic heterocycles. The van der Waals surface area contributed by atoms with Crippen LogP contribution in [0.15, 0.2) is 170 Å². The topological polar surface area (TPSA) is 0 Å². The van der Waals surface area contributed by atoms with Gasteiger partial charge >= 0.3 is 0 Å². The first kappa shape index (κ1) is 29.7. The van der Waals surface area contributed by atoms with E-state index in [9.17, 15) is 0 Å². The summed E-state index contributed by atoms with van der Waals surface area (Å²) in [5.74, 6) is 0. The van der Waals surface area contributed by atoms with E-state index in [2.05, 4.69) is 184 Å². The predicted molar refractivity (Wildman–Crippen MR) is 226 cm³/mol. The van der Waals surface area contributed by atoms with Crippen LogP contribution in [0.4, 0.5) is 0 Å². The third kappa shape index (κ3) is 4.21. The molecule has 0 aliphatic heterocycles. The molecule has 52 heavy (non-hydrogen) atoms. The molecule has 0 bridgehead atoms. The van der Waals surface area contributed by atoms with Crippen LogP contribution in [0.2, 0.25) is 0 Å². The fourth-order valence-corrected chi connectivity index (χ4v) is 10.3. The number of fused-ring (bicyclic) bond motifs is 10. The molecule has 244 valence electrons. The molecule has 0 saturated carbocycles. The highest BCUT2D eigenvalue weighted by atomic mass is 32.1. The lowest BCUT2D eigenvalue weighted by molar-refractivity contribution is 0.661. The first-order valence-corrected chi connectivity index (χ1v) is 19.0. The SMILES string of the molecule is CC1(C)c2cc(-c3cccc(-c4c5ccccc5c(-c5ccc6sc7ccccc7c6c5)c5ccccc45)c3)ccc2-c2c1ccc1ccccc21. The number of hydrogen-bond acceptors (Lipinski definition) is 1. The molecule has 0 spiro atoms. The number of thiophene rings is 1. The van der Waals surface area contributed by atoms with Gasteiger partial charge in [0, 0.05) is 25.6 Å². The van der Waals surface area contributed by atoms with E-state index in [1.165, 1.54) is 108 Å². The summed E-state index contributed by atoms with van der Waals surface area (Å²) in [5.41, 5.74) is 13.1. The minimum Gasteiger partial charge on any atom is -0.135 e. The second-order valence-electron chi connectivity index (χ2n) is 14.8. The van der Waals surface area contributed by atoms with E-state index in [0.29, 0.717) is 0 Å². The van der Waals surface area contributed by atoms with Crippen molar-refractivity contribution in [1.82, 2.24) is 0 Å². The van der Waals surface area contributed by atoms with Gasteiger partial charge in [0.2, 0.25) is 0 Å². The fraction of sp³-hybridized carbons (Fsp3) is 0.0588. The molecule has 10 aromatic rings. The molecule has 1 aliphatic rings. The monoisotopic (exact) mass is 678 g/mol. The molecule has 0 fully saturated rings. The molecule has 11 rings (SSSR count). The minimum atomic E-state index is -0.0805. The van der Waals surface area contributed by atoms with Crippen LogP contribution < -0.4 is 0 Å². The van der Waals surface area contributed by atoms with Crippen molar-refractivity contribution in [3.05, 3.63) is 181 Å². The first-order valence-electron chi connectivity index (χ1n) is 18.2. The van der Waals surface area contributed by atoms with Crippen molar-refractivity contribution in [1.29, 1.82) is 0 Å². The van der Waals surface area contributed by atoms with Crippen LogP contribution in [-0.2, 0) is 5.41 Å². The summed E-state index contributed by atoms with van der Waals surface area (Å²) in [6, 6.07) is 63.6. The Morgan fingerprint density at radius 3 is 1.63 bits per heavy atom. The number of benzene rings is 9. The largest absolute Gasteiger partial charge is 0.135 e. The summed E-state index contributed by atoms with van der Waals surface area (Å²) in [6.07, 6.45) is 0. The van der Waals surface area contributed by atoms with Gasteiger partial charge in [-0.15, -0.1) is 11.3 Å². The van der Waals surface area contributed by atoms with Gasteiger partial charge in [0.1, 0.15) is 0 Å². The molecule has 0 unspecified atom stereocenters. The van der Waals surface area contributed by atoms with Crippen LogP contribution in [0.25, 0.3) is 97.0 Å². The maximum atomic E-state index is 2.45. The quantitative estimate of drug-likeness (QED) is 0.163. The van der Waals surface area contributed by atoms with Crippen molar-refractivity contribution in [2.24, 2.45) is 0 Å². The molecule has 0 radical (unpaired) electrons. The van der Waals surface area contributed by atoms with Gasteiger partial charge in [-0.3, -0.25) is 0 Å². The van der Waals surface area contributed by atoms with E-state index in [1.807, 2.05) is 11.3 Å². The zero-order chi connectivity index (χ0) is 34.6. The Balaban J connectivity index is 1.10. The van der Waals surface area contributed by atoms with E-state index in [4.69, 9.17) is 0 Å². The van der Waals surface area contributed by atoms with Crippen molar-refractivity contribution in [2.45, 2.75) is 19.3 Å². The average Bonchev–Trinajstić information content (AvgIpc) is 3.68. The molecule has 0 N–H and O–H groups in total. The van der Waals surface area contributed by atoms with E-state index in [0.717, 1.165) is 0 Å². The summed E-state index contributed by atoms with van der Waals surface area (Å²) in [5, 5.41) is 10.4. The zero-order valence-electron chi connectivity index (χ0n) is 29.1. The highest BCUT2D eigenvalue weighted by Gasteiger charge is 2.36. The van der Waals surface area contributed by atoms with Crippen molar-refractivity contribution in [3.8, 4) is 44.5 Å². The minimum absolute atomic E-state index is 0.0805. The highest BCUT2D eigenvalue weighted by molar-refractivity contribution is 7.25. The normalized spacial score (nSPS) is 13.3. The lowest BCUT2D eigenvalue weighted by Gasteiger charge is -2.22. The van der Waals surface area contributed by atoms with Crippen LogP contribution in [0.5, 0.6) is 0 Å². The Labute approximate surface area is 307 Å². The Hall–Kier alpha value is -6.02. The van der Waals surface area contributed by atoms with Crippen molar-refractivity contribution < 1.29 is 0 Å². The van der Waals surface area contributed by atoms with Gasteiger partial charge in [0.05, 0.1) is 0 Å². The lowest BCUT2D eigenvalue weighted by Crippen LogP contribution is -2.15. The Bertz CT molecular complexity index is 3040. The summed E-state index contributed by atoms with van der Waals surface area (Å²) in [6.45, 7) is 4.76. The predicted octanol–water partition coefficient (Wildman–Crippen LogP) is 14.8. The fourth-order valence-electron chi connectivity index (χ4n) is 9.17. The molecular weight excluding hydrogens is 645 g/mol. The average molecular weight is 679 g/mol. The molecule has 1 heteroatoms.